The van der Waals surface area contributed by atoms with Crippen LogP contribution in [-0.4, -0.2) is 14.5 Å². The van der Waals surface area contributed by atoms with Gasteiger partial charge in [0.25, 0.3) is 0 Å². The van der Waals surface area contributed by atoms with Gasteiger partial charge in [-0.2, -0.15) is 0 Å². The van der Waals surface area contributed by atoms with Crippen LogP contribution >= 0.6 is 0 Å². The fourth-order valence-corrected chi connectivity index (χ4v) is 2.16. The maximum absolute atomic E-state index is 12.1. The SMILES string of the molecule is Cc1nccc(-n2c(=O)[nH]c3ccccc32)c1C. The normalized spacial score (nSPS) is 11.0. The zero-order chi connectivity index (χ0) is 12.7. The van der Waals surface area contributed by atoms with Crippen LogP contribution in [0.2, 0.25) is 0 Å². The van der Waals surface area contributed by atoms with Gasteiger partial charge in [-0.3, -0.25) is 9.55 Å². The van der Waals surface area contributed by atoms with E-state index in [1.807, 2.05) is 44.2 Å². The predicted octanol–water partition coefficient (Wildman–Crippen LogP) is 2.33. The Morgan fingerprint density at radius 2 is 1.94 bits per heavy atom. The molecule has 0 aliphatic rings. The number of nitrogens with one attached hydrogen (secondary N) is 1. The fraction of sp³-hybridized carbons (Fsp3) is 0.143. The number of aromatic amines is 1. The maximum Gasteiger partial charge on any atom is 0.331 e. The van der Waals surface area contributed by atoms with Crippen molar-refractivity contribution in [2.45, 2.75) is 13.8 Å². The first-order valence-electron chi connectivity index (χ1n) is 5.81. The number of aryl methyl sites for hydroxylation is 1. The largest absolute Gasteiger partial charge is 0.331 e. The fourth-order valence-electron chi connectivity index (χ4n) is 2.16. The van der Waals surface area contributed by atoms with Gasteiger partial charge < -0.3 is 4.98 Å². The lowest BCUT2D eigenvalue weighted by atomic mass is 10.2. The third kappa shape index (κ3) is 1.46. The number of rotatable bonds is 1. The number of fused-ring (bicyclic) bond motifs is 1. The van der Waals surface area contributed by atoms with Crippen LogP contribution < -0.4 is 5.69 Å². The minimum absolute atomic E-state index is 0.120. The second kappa shape index (κ2) is 3.84. The Bertz CT molecular complexity index is 783. The molecule has 2 heterocycles. The van der Waals surface area contributed by atoms with Crippen molar-refractivity contribution in [1.29, 1.82) is 0 Å². The predicted molar refractivity (Wildman–Crippen MR) is 71.2 cm³/mol. The van der Waals surface area contributed by atoms with Gasteiger partial charge in [0.15, 0.2) is 0 Å². The Kier molecular flexibility index (Phi) is 2.30. The first kappa shape index (κ1) is 10.8. The third-order valence-corrected chi connectivity index (χ3v) is 3.26. The summed E-state index contributed by atoms with van der Waals surface area (Å²) in [6.45, 7) is 3.92. The summed E-state index contributed by atoms with van der Waals surface area (Å²) < 4.78 is 1.69. The number of aromatic nitrogens is 3. The molecule has 0 fully saturated rings. The quantitative estimate of drug-likeness (QED) is 0.708. The van der Waals surface area contributed by atoms with Crippen molar-refractivity contribution >= 4 is 11.0 Å². The summed E-state index contributed by atoms with van der Waals surface area (Å²) in [6, 6.07) is 9.53. The summed E-state index contributed by atoms with van der Waals surface area (Å²) in [7, 11) is 0. The molecule has 1 N–H and O–H groups in total. The second-order valence-electron chi connectivity index (χ2n) is 4.32. The molecule has 0 saturated carbocycles. The molecule has 4 heteroatoms. The first-order chi connectivity index (χ1) is 8.68. The highest BCUT2D eigenvalue weighted by Gasteiger charge is 2.11. The van der Waals surface area contributed by atoms with Gasteiger partial charge in [0.05, 0.1) is 16.7 Å². The molecule has 1 aromatic carbocycles. The number of hydrogen-bond donors (Lipinski definition) is 1. The van der Waals surface area contributed by atoms with Crippen LogP contribution in [0, 0.1) is 13.8 Å². The molecule has 90 valence electrons. The smallest absolute Gasteiger partial charge is 0.305 e. The van der Waals surface area contributed by atoms with E-state index < -0.39 is 0 Å². The molecule has 2 aromatic heterocycles. The van der Waals surface area contributed by atoms with Gasteiger partial charge in [0, 0.05) is 11.9 Å². The minimum atomic E-state index is -0.120. The van der Waals surface area contributed by atoms with E-state index in [0.29, 0.717) is 0 Å². The molecule has 0 atom stereocenters. The highest BCUT2D eigenvalue weighted by atomic mass is 16.1. The zero-order valence-electron chi connectivity index (χ0n) is 10.3. The standard InChI is InChI=1S/C14H13N3O/c1-9-10(2)15-8-7-12(9)17-13-6-4-3-5-11(13)16-14(17)18/h3-8H,1-2H3,(H,16,18). The van der Waals surface area contributed by atoms with Gasteiger partial charge in [0.1, 0.15) is 0 Å². The van der Waals surface area contributed by atoms with Gasteiger partial charge >= 0.3 is 5.69 Å². The number of nitrogens with zero attached hydrogens (tertiary/aromatic N) is 2. The van der Waals surface area contributed by atoms with Crippen LogP contribution in [0.1, 0.15) is 11.3 Å². The molecular formula is C14H13N3O. The van der Waals surface area contributed by atoms with Gasteiger partial charge in [-0.15, -0.1) is 0 Å². The number of imidazole rings is 1. The third-order valence-electron chi connectivity index (χ3n) is 3.26. The maximum atomic E-state index is 12.1. The minimum Gasteiger partial charge on any atom is -0.305 e. The Morgan fingerprint density at radius 1 is 1.17 bits per heavy atom. The van der Waals surface area contributed by atoms with Crippen LogP contribution in [0.15, 0.2) is 41.3 Å². The van der Waals surface area contributed by atoms with Crippen LogP contribution in [-0.2, 0) is 0 Å². The topological polar surface area (TPSA) is 50.7 Å². The molecule has 0 saturated heterocycles. The lowest BCUT2D eigenvalue weighted by Crippen LogP contribution is -2.16. The van der Waals surface area contributed by atoms with Crippen molar-refractivity contribution in [1.82, 2.24) is 14.5 Å². The molecule has 0 radical (unpaired) electrons. The monoisotopic (exact) mass is 239 g/mol. The second-order valence-corrected chi connectivity index (χ2v) is 4.32. The van der Waals surface area contributed by atoms with Crippen LogP contribution in [0.3, 0.4) is 0 Å². The Balaban J connectivity index is 2.42. The number of benzene rings is 1. The molecule has 0 aliphatic carbocycles. The summed E-state index contributed by atoms with van der Waals surface area (Å²) in [5.74, 6) is 0. The summed E-state index contributed by atoms with van der Waals surface area (Å²) >= 11 is 0. The summed E-state index contributed by atoms with van der Waals surface area (Å²) in [6.07, 6.45) is 1.73. The van der Waals surface area contributed by atoms with E-state index in [-0.39, 0.29) is 5.69 Å². The Labute approximate surface area is 104 Å². The summed E-state index contributed by atoms with van der Waals surface area (Å²) in [5.41, 5.74) is 4.44. The molecule has 0 aliphatic heterocycles. The molecule has 0 amide bonds. The molecular weight excluding hydrogens is 226 g/mol. The van der Waals surface area contributed by atoms with E-state index in [9.17, 15) is 4.79 Å². The Morgan fingerprint density at radius 3 is 2.78 bits per heavy atom. The van der Waals surface area contributed by atoms with Gasteiger partial charge in [-0.1, -0.05) is 12.1 Å². The number of hydrogen-bond acceptors (Lipinski definition) is 2. The van der Waals surface area contributed by atoms with E-state index in [1.165, 1.54) is 0 Å². The molecule has 3 rings (SSSR count). The average molecular weight is 239 g/mol. The average Bonchev–Trinajstić information content (AvgIpc) is 2.69. The van der Waals surface area contributed by atoms with Gasteiger partial charge in [-0.05, 0) is 37.6 Å². The highest BCUT2D eigenvalue weighted by molar-refractivity contribution is 5.77. The lowest BCUT2D eigenvalue weighted by molar-refractivity contribution is 0.982. The zero-order valence-corrected chi connectivity index (χ0v) is 10.3. The van der Waals surface area contributed by atoms with Crippen molar-refractivity contribution < 1.29 is 0 Å². The molecule has 18 heavy (non-hydrogen) atoms. The van der Waals surface area contributed by atoms with E-state index in [4.69, 9.17) is 0 Å². The lowest BCUT2D eigenvalue weighted by Gasteiger charge is -2.08. The van der Waals surface area contributed by atoms with Crippen molar-refractivity contribution in [2.24, 2.45) is 0 Å². The number of pyridine rings is 1. The molecule has 3 aromatic rings. The van der Waals surface area contributed by atoms with Crippen molar-refractivity contribution in [3.8, 4) is 5.69 Å². The molecule has 0 bridgehead atoms. The van der Waals surface area contributed by atoms with Crippen LogP contribution in [0.5, 0.6) is 0 Å². The first-order valence-corrected chi connectivity index (χ1v) is 5.81. The van der Waals surface area contributed by atoms with E-state index in [2.05, 4.69) is 9.97 Å². The van der Waals surface area contributed by atoms with Crippen molar-refractivity contribution in [3.63, 3.8) is 0 Å². The molecule has 0 unspecified atom stereocenters. The number of para-hydroxylation sites is 2. The summed E-state index contributed by atoms with van der Waals surface area (Å²) in [5, 5.41) is 0. The van der Waals surface area contributed by atoms with Gasteiger partial charge in [0.2, 0.25) is 0 Å². The van der Waals surface area contributed by atoms with E-state index >= 15 is 0 Å². The van der Waals surface area contributed by atoms with Crippen LogP contribution in [0.25, 0.3) is 16.7 Å². The Hall–Kier alpha value is -2.36. The number of H-pyrrole nitrogens is 1. The highest BCUT2D eigenvalue weighted by Crippen LogP contribution is 2.19. The van der Waals surface area contributed by atoms with E-state index in [1.54, 1.807) is 10.8 Å². The van der Waals surface area contributed by atoms with Crippen molar-refractivity contribution in [2.75, 3.05) is 0 Å². The van der Waals surface area contributed by atoms with E-state index in [0.717, 1.165) is 28.0 Å². The summed E-state index contributed by atoms with van der Waals surface area (Å²) in [4.78, 5) is 19.2. The molecule has 0 spiro atoms. The van der Waals surface area contributed by atoms with Gasteiger partial charge in [-0.25, -0.2) is 4.79 Å². The van der Waals surface area contributed by atoms with Crippen LogP contribution in [0.4, 0.5) is 0 Å². The molecule has 4 nitrogen and oxygen atoms in total. The van der Waals surface area contributed by atoms with Crippen molar-refractivity contribution in [3.05, 3.63) is 58.3 Å².